The van der Waals surface area contributed by atoms with Crippen molar-refractivity contribution in [1.82, 2.24) is 4.98 Å². The van der Waals surface area contributed by atoms with E-state index in [-0.39, 0.29) is 21.9 Å². The van der Waals surface area contributed by atoms with Crippen LogP contribution < -0.4 is 5.56 Å². The van der Waals surface area contributed by atoms with E-state index in [0.717, 1.165) is 0 Å². The van der Waals surface area contributed by atoms with Crippen molar-refractivity contribution in [3.63, 3.8) is 0 Å². The van der Waals surface area contributed by atoms with E-state index >= 15 is 0 Å². The second-order valence-electron chi connectivity index (χ2n) is 5.13. The normalized spacial score (nSPS) is 10.9. The molecular weight excluding hydrogens is 337 g/mol. The zero-order chi connectivity index (χ0) is 16.7. The number of carbonyl (C=O) groups excluding carboxylic acids is 1. The Balaban J connectivity index is 2.27. The van der Waals surface area contributed by atoms with Crippen LogP contribution in [0.5, 0.6) is 5.75 Å². The number of nitrogens with one attached hydrogen (secondary N) is 1. The van der Waals surface area contributed by atoms with E-state index in [9.17, 15) is 14.7 Å². The predicted octanol–water partition coefficient (Wildman–Crippen LogP) is 4.08. The molecule has 0 fully saturated rings. The number of halogens is 2. The molecule has 1 aromatic heterocycles. The fourth-order valence-corrected chi connectivity index (χ4v) is 2.86. The summed E-state index contributed by atoms with van der Waals surface area (Å²) >= 11 is 12.1. The lowest BCUT2D eigenvalue weighted by atomic mass is 10.0. The molecule has 3 aromatic rings. The zero-order valence-corrected chi connectivity index (χ0v) is 13.5. The number of benzene rings is 2. The summed E-state index contributed by atoms with van der Waals surface area (Å²) in [6.45, 7) is 1.75. The molecule has 2 aromatic carbocycles. The highest BCUT2D eigenvalue weighted by Crippen LogP contribution is 2.30. The highest BCUT2D eigenvalue weighted by Gasteiger charge is 2.23. The number of aromatic amines is 1. The Morgan fingerprint density at radius 2 is 1.83 bits per heavy atom. The van der Waals surface area contributed by atoms with Crippen molar-refractivity contribution < 1.29 is 9.90 Å². The van der Waals surface area contributed by atoms with Crippen LogP contribution in [0.2, 0.25) is 10.0 Å². The topological polar surface area (TPSA) is 70.2 Å². The summed E-state index contributed by atoms with van der Waals surface area (Å²) in [6.07, 6.45) is 0. The maximum absolute atomic E-state index is 12.7. The Kier molecular flexibility index (Phi) is 3.88. The van der Waals surface area contributed by atoms with Gasteiger partial charge in [0.2, 0.25) is 5.78 Å². The van der Waals surface area contributed by atoms with Gasteiger partial charge in [0, 0.05) is 16.0 Å². The van der Waals surface area contributed by atoms with Crippen LogP contribution >= 0.6 is 23.2 Å². The minimum atomic E-state index is -0.682. The van der Waals surface area contributed by atoms with Gasteiger partial charge in [-0.25, -0.2) is 0 Å². The smallest absolute Gasteiger partial charge is 0.263 e. The second-order valence-corrected chi connectivity index (χ2v) is 5.95. The lowest BCUT2D eigenvalue weighted by Crippen LogP contribution is -2.19. The van der Waals surface area contributed by atoms with Crippen LogP contribution in [0.3, 0.4) is 0 Å². The largest absolute Gasteiger partial charge is 0.506 e. The van der Waals surface area contributed by atoms with Crippen molar-refractivity contribution in [1.29, 1.82) is 0 Å². The van der Waals surface area contributed by atoms with Crippen molar-refractivity contribution in [2.75, 3.05) is 0 Å². The van der Waals surface area contributed by atoms with Gasteiger partial charge in [0.15, 0.2) is 0 Å². The average Bonchev–Trinajstić information content (AvgIpc) is 2.50. The quantitative estimate of drug-likeness (QED) is 0.686. The van der Waals surface area contributed by atoms with E-state index in [0.29, 0.717) is 21.5 Å². The van der Waals surface area contributed by atoms with Crippen molar-refractivity contribution in [3.05, 3.63) is 73.5 Å². The van der Waals surface area contributed by atoms with Gasteiger partial charge in [-0.05, 0) is 36.8 Å². The molecule has 3 rings (SSSR count). The molecule has 0 saturated carbocycles. The molecule has 0 spiro atoms. The Morgan fingerprint density at radius 1 is 1.13 bits per heavy atom. The highest BCUT2D eigenvalue weighted by atomic mass is 35.5. The first-order valence-corrected chi connectivity index (χ1v) is 7.50. The summed E-state index contributed by atoms with van der Waals surface area (Å²) in [5.74, 6) is -1.05. The van der Waals surface area contributed by atoms with Crippen molar-refractivity contribution in [2.45, 2.75) is 6.92 Å². The molecule has 116 valence electrons. The summed E-state index contributed by atoms with van der Waals surface area (Å²) in [4.78, 5) is 27.5. The minimum Gasteiger partial charge on any atom is -0.506 e. The van der Waals surface area contributed by atoms with Gasteiger partial charge in [-0.15, -0.1) is 0 Å². The first-order chi connectivity index (χ1) is 10.9. The third-order valence-corrected chi connectivity index (χ3v) is 4.33. The maximum atomic E-state index is 12.7. The number of para-hydroxylation sites is 1. The molecule has 0 radical (unpaired) electrons. The van der Waals surface area contributed by atoms with Crippen LogP contribution in [0, 0.1) is 6.92 Å². The average molecular weight is 348 g/mol. The molecule has 0 atom stereocenters. The molecular formula is C17H11Cl2NO3. The summed E-state index contributed by atoms with van der Waals surface area (Å²) in [7, 11) is 0. The molecule has 0 aliphatic rings. The Hall–Kier alpha value is -2.30. The van der Waals surface area contributed by atoms with E-state index in [4.69, 9.17) is 23.2 Å². The van der Waals surface area contributed by atoms with Crippen molar-refractivity contribution in [3.8, 4) is 5.75 Å². The zero-order valence-electron chi connectivity index (χ0n) is 12.0. The molecule has 0 unspecified atom stereocenters. The molecule has 23 heavy (non-hydrogen) atoms. The number of fused-ring (bicyclic) bond motifs is 1. The molecule has 0 aliphatic heterocycles. The van der Waals surface area contributed by atoms with Crippen LogP contribution in [0.15, 0.2) is 41.2 Å². The summed E-state index contributed by atoms with van der Waals surface area (Å²) in [5, 5.41) is 11.3. The fraction of sp³-hybridized carbons (Fsp3) is 0.0588. The number of aryl methyl sites for hydroxylation is 1. The summed E-state index contributed by atoms with van der Waals surface area (Å²) in [5.41, 5.74) is 0.187. The van der Waals surface area contributed by atoms with Crippen LogP contribution in [-0.2, 0) is 0 Å². The number of hydrogen-bond acceptors (Lipinski definition) is 3. The SMILES string of the molecule is Cc1cc(Cl)c(C(=O)c2c(O)c3ccccc3[nH]c2=O)cc1Cl. The van der Waals surface area contributed by atoms with Gasteiger partial charge in [0.05, 0.1) is 10.5 Å². The molecule has 1 heterocycles. The monoisotopic (exact) mass is 347 g/mol. The van der Waals surface area contributed by atoms with E-state index < -0.39 is 11.3 Å². The Morgan fingerprint density at radius 3 is 2.57 bits per heavy atom. The first-order valence-electron chi connectivity index (χ1n) is 6.74. The standard InChI is InChI=1S/C17H11Cl2NO3/c1-8-6-12(19)10(7-11(8)18)16(22)14-15(21)9-4-2-3-5-13(9)20-17(14)23/h2-7H,1H3,(H2,20,21,23). The van der Waals surface area contributed by atoms with Crippen LogP contribution in [0.25, 0.3) is 10.9 Å². The Labute approximate surface area is 141 Å². The highest BCUT2D eigenvalue weighted by molar-refractivity contribution is 6.37. The second kappa shape index (κ2) is 5.72. The molecule has 0 aliphatic carbocycles. The third-order valence-electron chi connectivity index (χ3n) is 3.61. The predicted molar refractivity (Wildman–Crippen MR) is 90.9 cm³/mol. The number of pyridine rings is 1. The molecule has 6 heteroatoms. The van der Waals surface area contributed by atoms with Crippen molar-refractivity contribution >= 4 is 39.9 Å². The van der Waals surface area contributed by atoms with E-state index in [1.165, 1.54) is 6.07 Å². The molecule has 0 bridgehead atoms. The summed E-state index contributed by atoms with van der Waals surface area (Å²) < 4.78 is 0. The lowest BCUT2D eigenvalue weighted by Gasteiger charge is -2.09. The number of H-pyrrole nitrogens is 1. The number of carbonyl (C=O) groups is 1. The number of ketones is 1. The number of hydrogen-bond donors (Lipinski definition) is 2. The van der Waals surface area contributed by atoms with Crippen LogP contribution in [-0.4, -0.2) is 15.9 Å². The van der Waals surface area contributed by atoms with Crippen LogP contribution in [0.4, 0.5) is 0 Å². The third kappa shape index (κ3) is 2.60. The molecule has 0 amide bonds. The number of rotatable bonds is 2. The molecule has 2 N–H and O–H groups in total. The van der Waals surface area contributed by atoms with Gasteiger partial charge in [-0.1, -0.05) is 35.3 Å². The lowest BCUT2D eigenvalue weighted by molar-refractivity contribution is 0.103. The van der Waals surface area contributed by atoms with E-state index in [2.05, 4.69) is 4.98 Å². The van der Waals surface area contributed by atoms with Gasteiger partial charge in [-0.3, -0.25) is 9.59 Å². The number of aromatic hydroxyl groups is 1. The Bertz CT molecular complexity index is 1010. The maximum Gasteiger partial charge on any atom is 0.263 e. The fourth-order valence-electron chi connectivity index (χ4n) is 2.39. The van der Waals surface area contributed by atoms with Gasteiger partial charge in [-0.2, -0.15) is 0 Å². The molecule has 4 nitrogen and oxygen atoms in total. The van der Waals surface area contributed by atoms with Crippen LogP contribution in [0.1, 0.15) is 21.5 Å². The van der Waals surface area contributed by atoms with E-state index in [1.54, 1.807) is 37.3 Å². The molecule has 0 saturated heterocycles. The van der Waals surface area contributed by atoms with Gasteiger partial charge in [0.25, 0.3) is 5.56 Å². The summed E-state index contributed by atoms with van der Waals surface area (Å²) in [6, 6.07) is 9.61. The minimum absolute atomic E-state index is 0.0679. The van der Waals surface area contributed by atoms with Gasteiger partial charge < -0.3 is 10.1 Å². The van der Waals surface area contributed by atoms with Crippen molar-refractivity contribution in [2.24, 2.45) is 0 Å². The first kappa shape index (κ1) is 15.6. The number of aromatic nitrogens is 1. The van der Waals surface area contributed by atoms with Gasteiger partial charge >= 0.3 is 0 Å². The van der Waals surface area contributed by atoms with Gasteiger partial charge in [0.1, 0.15) is 11.3 Å². The van der Waals surface area contributed by atoms with E-state index in [1.807, 2.05) is 0 Å².